The molecule has 0 aliphatic rings. The summed E-state index contributed by atoms with van der Waals surface area (Å²) in [6.45, 7) is 2.76. The largest absolute Gasteiger partial charge is 0.352 e. The molecule has 0 aliphatic carbocycles. The van der Waals surface area contributed by atoms with Crippen molar-refractivity contribution in [2.24, 2.45) is 0 Å². The molecule has 100 valence electrons. The molecule has 1 rings (SSSR count). The molecule has 0 fully saturated rings. The third-order valence-electron chi connectivity index (χ3n) is 2.71. The summed E-state index contributed by atoms with van der Waals surface area (Å²) in [5.41, 5.74) is 1.83. The maximum atomic E-state index is 12.0. The Morgan fingerprint density at radius 1 is 1.28 bits per heavy atom. The number of carbonyl (C=O) groups is 1. The number of benzene rings is 1. The molecular formula is C14H19BrINO. The van der Waals surface area contributed by atoms with Crippen LogP contribution in [-0.2, 0) is 0 Å². The summed E-state index contributed by atoms with van der Waals surface area (Å²) in [6, 6.07) is 5.82. The van der Waals surface area contributed by atoms with Gasteiger partial charge < -0.3 is 5.32 Å². The summed E-state index contributed by atoms with van der Waals surface area (Å²) in [6.07, 6.45) is 4.79. The lowest BCUT2D eigenvalue weighted by molar-refractivity contribution is 0.0952. The Morgan fingerprint density at radius 2 is 2.00 bits per heavy atom. The molecule has 0 saturated heterocycles. The first kappa shape index (κ1) is 16.0. The monoisotopic (exact) mass is 423 g/mol. The Morgan fingerprint density at radius 3 is 2.72 bits per heavy atom. The van der Waals surface area contributed by atoms with Crippen LogP contribution in [0, 0.1) is 6.92 Å². The summed E-state index contributed by atoms with van der Waals surface area (Å²) in [5.74, 6) is 0.0134. The van der Waals surface area contributed by atoms with E-state index in [9.17, 15) is 4.79 Å². The molecule has 2 nitrogen and oxygen atoms in total. The number of alkyl halides is 1. The second kappa shape index (κ2) is 8.91. The van der Waals surface area contributed by atoms with E-state index in [2.05, 4.69) is 43.8 Å². The Bertz CT molecular complexity index is 395. The number of aryl methyl sites for hydroxylation is 1. The van der Waals surface area contributed by atoms with E-state index in [4.69, 9.17) is 0 Å². The summed E-state index contributed by atoms with van der Waals surface area (Å²) in [7, 11) is 0. The van der Waals surface area contributed by atoms with Gasteiger partial charge in [0, 0.05) is 11.0 Å². The molecule has 4 heteroatoms. The second-order valence-electron chi connectivity index (χ2n) is 4.34. The van der Waals surface area contributed by atoms with Crippen LogP contribution in [0.25, 0.3) is 0 Å². The number of hydrogen-bond acceptors (Lipinski definition) is 1. The highest BCUT2D eigenvalue weighted by molar-refractivity contribution is 14.1. The van der Waals surface area contributed by atoms with Crippen molar-refractivity contribution in [2.45, 2.75) is 32.6 Å². The smallest absolute Gasteiger partial charge is 0.252 e. The third kappa shape index (κ3) is 5.69. The zero-order chi connectivity index (χ0) is 13.4. The molecule has 0 unspecified atom stereocenters. The molecule has 0 saturated carbocycles. The number of amides is 1. The Kier molecular flexibility index (Phi) is 7.90. The molecule has 1 N–H and O–H groups in total. The minimum atomic E-state index is 0.0134. The van der Waals surface area contributed by atoms with Crippen LogP contribution in [0.2, 0.25) is 0 Å². The van der Waals surface area contributed by atoms with Crippen molar-refractivity contribution in [1.29, 1.82) is 0 Å². The number of hydrogen-bond donors (Lipinski definition) is 1. The molecule has 0 bridgehead atoms. The van der Waals surface area contributed by atoms with E-state index in [1.807, 2.05) is 25.1 Å². The van der Waals surface area contributed by atoms with Crippen molar-refractivity contribution in [3.8, 4) is 0 Å². The van der Waals surface area contributed by atoms with E-state index >= 15 is 0 Å². The van der Waals surface area contributed by atoms with Crippen LogP contribution in [0.15, 0.2) is 22.7 Å². The topological polar surface area (TPSA) is 29.1 Å². The maximum Gasteiger partial charge on any atom is 0.252 e. The Hall–Kier alpha value is -0.100. The van der Waals surface area contributed by atoms with Crippen LogP contribution < -0.4 is 5.32 Å². The van der Waals surface area contributed by atoms with E-state index in [0.29, 0.717) is 0 Å². The van der Waals surface area contributed by atoms with Gasteiger partial charge in [-0.3, -0.25) is 4.79 Å². The van der Waals surface area contributed by atoms with Crippen LogP contribution in [0.1, 0.15) is 41.6 Å². The molecule has 0 atom stereocenters. The van der Waals surface area contributed by atoms with Gasteiger partial charge in [-0.15, -0.1) is 0 Å². The van der Waals surface area contributed by atoms with Gasteiger partial charge in [0.25, 0.3) is 5.91 Å². The third-order valence-corrected chi connectivity index (χ3v) is 4.17. The first-order valence-electron chi connectivity index (χ1n) is 6.25. The van der Waals surface area contributed by atoms with E-state index in [1.54, 1.807) is 0 Å². The summed E-state index contributed by atoms with van der Waals surface area (Å²) < 4.78 is 2.08. The molecule has 0 radical (unpaired) electrons. The number of unbranched alkanes of at least 4 members (excludes halogenated alkanes) is 3. The second-order valence-corrected chi connectivity index (χ2v) is 6.28. The maximum absolute atomic E-state index is 12.0. The minimum Gasteiger partial charge on any atom is -0.352 e. The number of nitrogens with one attached hydrogen (secondary N) is 1. The van der Waals surface area contributed by atoms with Crippen LogP contribution in [0.3, 0.4) is 0 Å². The van der Waals surface area contributed by atoms with Gasteiger partial charge in [0.05, 0.1) is 5.56 Å². The number of halogens is 2. The predicted octanol–water partition coefficient (Wildman–Crippen LogP) is 4.48. The van der Waals surface area contributed by atoms with Crippen molar-refractivity contribution in [3.05, 3.63) is 33.8 Å². The average molecular weight is 424 g/mol. The fraction of sp³-hybridized carbons (Fsp3) is 0.500. The van der Waals surface area contributed by atoms with Gasteiger partial charge in [-0.25, -0.2) is 0 Å². The van der Waals surface area contributed by atoms with Crippen LogP contribution in [0.5, 0.6) is 0 Å². The van der Waals surface area contributed by atoms with Gasteiger partial charge in [0.15, 0.2) is 0 Å². The quantitative estimate of drug-likeness (QED) is 0.391. The van der Waals surface area contributed by atoms with Crippen molar-refractivity contribution in [2.75, 3.05) is 11.0 Å². The standard InChI is InChI=1S/C14H19BrINO/c1-11-6-7-13(15)12(10-11)14(18)17-9-5-3-2-4-8-16/h6-7,10H,2-5,8-9H2,1H3,(H,17,18). The molecule has 0 heterocycles. The van der Waals surface area contributed by atoms with Gasteiger partial charge in [-0.2, -0.15) is 0 Å². The van der Waals surface area contributed by atoms with E-state index in [1.165, 1.54) is 23.7 Å². The van der Waals surface area contributed by atoms with Crippen LogP contribution in [0.4, 0.5) is 0 Å². The first-order valence-corrected chi connectivity index (χ1v) is 8.57. The Labute approximate surface area is 131 Å². The van der Waals surface area contributed by atoms with Crippen molar-refractivity contribution in [1.82, 2.24) is 5.32 Å². The van der Waals surface area contributed by atoms with Gasteiger partial charge in [0.2, 0.25) is 0 Å². The molecule has 18 heavy (non-hydrogen) atoms. The normalized spacial score (nSPS) is 10.4. The van der Waals surface area contributed by atoms with Gasteiger partial charge >= 0.3 is 0 Å². The predicted molar refractivity (Wildman–Crippen MR) is 88.6 cm³/mol. The van der Waals surface area contributed by atoms with Crippen LogP contribution >= 0.6 is 38.5 Å². The Balaban J connectivity index is 2.34. The lowest BCUT2D eigenvalue weighted by Gasteiger charge is -2.07. The summed E-state index contributed by atoms with van der Waals surface area (Å²) in [4.78, 5) is 12.0. The number of carbonyl (C=O) groups excluding carboxylic acids is 1. The molecule has 1 amide bonds. The highest BCUT2D eigenvalue weighted by Gasteiger charge is 2.09. The fourth-order valence-corrected chi connectivity index (χ4v) is 2.65. The SMILES string of the molecule is Cc1ccc(Br)c(C(=O)NCCCCCCI)c1. The highest BCUT2D eigenvalue weighted by atomic mass is 127. The summed E-state index contributed by atoms with van der Waals surface area (Å²) >= 11 is 5.81. The van der Waals surface area contributed by atoms with Crippen molar-refractivity contribution < 1.29 is 4.79 Å². The average Bonchev–Trinajstić information content (AvgIpc) is 2.36. The minimum absolute atomic E-state index is 0.0134. The van der Waals surface area contributed by atoms with E-state index < -0.39 is 0 Å². The zero-order valence-corrected chi connectivity index (χ0v) is 14.4. The molecule has 0 aromatic heterocycles. The molecule has 0 aliphatic heterocycles. The highest BCUT2D eigenvalue weighted by Crippen LogP contribution is 2.17. The van der Waals surface area contributed by atoms with Gasteiger partial charge in [-0.05, 0) is 52.3 Å². The molecular weight excluding hydrogens is 405 g/mol. The van der Waals surface area contributed by atoms with Crippen molar-refractivity contribution in [3.63, 3.8) is 0 Å². The number of rotatable bonds is 7. The van der Waals surface area contributed by atoms with E-state index in [-0.39, 0.29) is 5.91 Å². The molecule has 1 aromatic rings. The van der Waals surface area contributed by atoms with E-state index in [0.717, 1.165) is 28.6 Å². The fourth-order valence-electron chi connectivity index (χ4n) is 1.68. The van der Waals surface area contributed by atoms with Gasteiger partial charge in [0.1, 0.15) is 0 Å². The molecule has 0 spiro atoms. The van der Waals surface area contributed by atoms with Gasteiger partial charge in [-0.1, -0.05) is 47.1 Å². The first-order chi connectivity index (χ1) is 8.65. The van der Waals surface area contributed by atoms with Crippen molar-refractivity contribution >= 4 is 44.4 Å². The molecule has 1 aromatic carbocycles. The lowest BCUT2D eigenvalue weighted by atomic mass is 10.1. The zero-order valence-electron chi connectivity index (χ0n) is 10.6. The summed E-state index contributed by atoms with van der Waals surface area (Å²) in [5, 5.41) is 2.97. The van der Waals surface area contributed by atoms with Crippen LogP contribution in [-0.4, -0.2) is 16.9 Å². The lowest BCUT2D eigenvalue weighted by Crippen LogP contribution is -2.24.